The highest BCUT2D eigenvalue weighted by Crippen LogP contribution is 2.23. The molecule has 0 N–H and O–H groups in total. The van der Waals surface area contributed by atoms with Gasteiger partial charge >= 0.3 is 0 Å². The van der Waals surface area contributed by atoms with Gasteiger partial charge in [0, 0.05) is 37.2 Å². The van der Waals surface area contributed by atoms with Gasteiger partial charge in [-0.3, -0.25) is 9.59 Å². The van der Waals surface area contributed by atoms with Crippen molar-refractivity contribution in [3.8, 4) is 5.75 Å². The number of aromatic nitrogens is 1. The van der Waals surface area contributed by atoms with E-state index in [4.69, 9.17) is 4.74 Å². The largest absolute Gasteiger partial charge is 0.488 e. The first-order valence-corrected chi connectivity index (χ1v) is 7.32. The SMILES string of the molecule is Cc1cc(OC2CCN(C(=O)C(C)(C)C)C2)cc(=O)n1C. The van der Waals surface area contributed by atoms with Crippen molar-refractivity contribution in [2.45, 2.75) is 40.2 Å². The van der Waals surface area contributed by atoms with Crippen LogP contribution in [0.5, 0.6) is 5.75 Å². The maximum atomic E-state index is 12.2. The molecule has 5 nitrogen and oxygen atoms in total. The van der Waals surface area contributed by atoms with Crippen LogP contribution in [0.25, 0.3) is 0 Å². The van der Waals surface area contributed by atoms with Crippen LogP contribution in [0.1, 0.15) is 32.9 Å². The highest BCUT2D eigenvalue weighted by atomic mass is 16.5. The molecule has 0 saturated carbocycles. The standard InChI is InChI=1S/C16H24N2O3/c1-11-8-13(9-14(19)17(11)5)21-12-6-7-18(10-12)15(20)16(2,3)4/h8-9,12H,6-7,10H2,1-5H3. The first kappa shape index (κ1) is 15.6. The van der Waals surface area contributed by atoms with Crippen molar-refractivity contribution >= 4 is 5.91 Å². The molecule has 1 aromatic heterocycles. The number of likely N-dealkylation sites (tertiary alicyclic amines) is 1. The van der Waals surface area contributed by atoms with Crippen molar-refractivity contribution in [1.82, 2.24) is 9.47 Å². The Balaban J connectivity index is 2.04. The summed E-state index contributed by atoms with van der Waals surface area (Å²) in [5.41, 5.74) is 0.414. The smallest absolute Gasteiger partial charge is 0.254 e. The maximum absolute atomic E-state index is 12.2. The first-order valence-electron chi connectivity index (χ1n) is 7.32. The molecule has 0 bridgehead atoms. The van der Waals surface area contributed by atoms with Crippen molar-refractivity contribution in [2.75, 3.05) is 13.1 Å². The maximum Gasteiger partial charge on any atom is 0.254 e. The lowest BCUT2D eigenvalue weighted by atomic mass is 9.95. The third-order valence-electron chi connectivity index (χ3n) is 3.85. The second-order valence-electron chi connectivity index (χ2n) is 6.76. The van der Waals surface area contributed by atoms with E-state index in [9.17, 15) is 9.59 Å². The fourth-order valence-corrected chi connectivity index (χ4v) is 2.48. The fraction of sp³-hybridized carbons (Fsp3) is 0.625. The molecule has 1 saturated heterocycles. The zero-order valence-corrected chi connectivity index (χ0v) is 13.5. The molecule has 0 spiro atoms. The fourth-order valence-electron chi connectivity index (χ4n) is 2.48. The average Bonchev–Trinajstić information content (AvgIpc) is 2.82. The monoisotopic (exact) mass is 292 g/mol. The van der Waals surface area contributed by atoms with Crippen molar-refractivity contribution in [3.63, 3.8) is 0 Å². The number of amides is 1. The lowest BCUT2D eigenvalue weighted by molar-refractivity contribution is -0.138. The Labute approximate surface area is 125 Å². The number of pyridine rings is 1. The molecule has 1 aliphatic rings. The van der Waals surface area contributed by atoms with Crippen LogP contribution in [0, 0.1) is 12.3 Å². The molecular formula is C16H24N2O3. The molecule has 0 aliphatic carbocycles. The van der Waals surface area contributed by atoms with Gasteiger partial charge in [-0.1, -0.05) is 20.8 Å². The Bertz CT molecular complexity index is 599. The Hall–Kier alpha value is -1.78. The molecule has 2 heterocycles. The first-order chi connectivity index (χ1) is 9.68. The molecule has 116 valence electrons. The number of hydrogen-bond acceptors (Lipinski definition) is 3. The minimum atomic E-state index is -0.367. The summed E-state index contributed by atoms with van der Waals surface area (Å²) >= 11 is 0. The molecule has 5 heteroatoms. The Morgan fingerprint density at radius 1 is 1.33 bits per heavy atom. The summed E-state index contributed by atoms with van der Waals surface area (Å²) in [6.07, 6.45) is 0.763. The molecule has 1 atom stereocenters. The van der Waals surface area contributed by atoms with Crippen LogP contribution in [0.2, 0.25) is 0 Å². The summed E-state index contributed by atoms with van der Waals surface area (Å²) in [6.45, 7) is 8.95. The van der Waals surface area contributed by atoms with Gasteiger partial charge in [-0.25, -0.2) is 0 Å². The van der Waals surface area contributed by atoms with E-state index in [-0.39, 0.29) is 23.0 Å². The highest BCUT2D eigenvalue weighted by molar-refractivity contribution is 5.81. The lowest BCUT2D eigenvalue weighted by Gasteiger charge is -2.25. The predicted octanol–water partition coefficient (Wildman–Crippen LogP) is 1.72. The number of carbonyl (C=O) groups excluding carboxylic acids is 1. The molecule has 1 unspecified atom stereocenters. The van der Waals surface area contributed by atoms with Crippen LogP contribution in [-0.2, 0) is 11.8 Å². The van der Waals surface area contributed by atoms with E-state index in [0.29, 0.717) is 18.8 Å². The predicted molar refractivity (Wildman–Crippen MR) is 81.5 cm³/mol. The number of nitrogens with zero attached hydrogens (tertiary/aromatic N) is 2. The summed E-state index contributed by atoms with van der Waals surface area (Å²) < 4.78 is 7.46. The van der Waals surface area contributed by atoms with Gasteiger partial charge in [0.05, 0.1) is 6.54 Å². The summed E-state index contributed by atoms with van der Waals surface area (Å²) in [6, 6.07) is 3.36. The normalized spacial score (nSPS) is 18.9. The van der Waals surface area contributed by atoms with Gasteiger partial charge in [0.2, 0.25) is 5.91 Å². The molecule has 0 aromatic carbocycles. The van der Waals surface area contributed by atoms with Crippen molar-refractivity contribution in [3.05, 3.63) is 28.2 Å². The number of carbonyl (C=O) groups is 1. The van der Waals surface area contributed by atoms with Crippen molar-refractivity contribution < 1.29 is 9.53 Å². The van der Waals surface area contributed by atoms with E-state index in [1.165, 1.54) is 6.07 Å². The van der Waals surface area contributed by atoms with Gasteiger partial charge in [0.15, 0.2) is 0 Å². The number of rotatable bonds is 2. The zero-order chi connectivity index (χ0) is 15.8. The van der Waals surface area contributed by atoms with E-state index >= 15 is 0 Å². The summed E-state index contributed by atoms with van der Waals surface area (Å²) in [5.74, 6) is 0.736. The average molecular weight is 292 g/mol. The second-order valence-corrected chi connectivity index (χ2v) is 6.76. The third kappa shape index (κ3) is 3.46. The topological polar surface area (TPSA) is 51.5 Å². The Morgan fingerprint density at radius 2 is 2.00 bits per heavy atom. The molecule has 0 radical (unpaired) electrons. The molecule has 21 heavy (non-hydrogen) atoms. The molecule has 2 rings (SSSR count). The van der Waals surface area contributed by atoms with Gasteiger partial charge in [-0.05, 0) is 13.0 Å². The summed E-state index contributed by atoms with van der Waals surface area (Å²) in [7, 11) is 1.74. The quantitative estimate of drug-likeness (QED) is 0.834. The second kappa shape index (κ2) is 5.54. The molecule has 1 fully saturated rings. The van der Waals surface area contributed by atoms with Crippen LogP contribution in [0.3, 0.4) is 0 Å². The number of aryl methyl sites for hydroxylation is 1. The van der Waals surface area contributed by atoms with Crippen LogP contribution >= 0.6 is 0 Å². The van der Waals surface area contributed by atoms with E-state index < -0.39 is 0 Å². The van der Waals surface area contributed by atoms with Crippen LogP contribution in [0.15, 0.2) is 16.9 Å². The van der Waals surface area contributed by atoms with Crippen LogP contribution in [-0.4, -0.2) is 34.6 Å². The Kier molecular flexibility index (Phi) is 4.12. The zero-order valence-electron chi connectivity index (χ0n) is 13.5. The van der Waals surface area contributed by atoms with Gasteiger partial charge < -0.3 is 14.2 Å². The van der Waals surface area contributed by atoms with E-state index in [1.807, 2.05) is 38.7 Å². The van der Waals surface area contributed by atoms with Crippen LogP contribution < -0.4 is 10.3 Å². The molecule has 1 amide bonds. The summed E-state index contributed by atoms with van der Waals surface area (Å²) in [5, 5.41) is 0. The van der Waals surface area contributed by atoms with Gasteiger partial charge in [0.25, 0.3) is 5.56 Å². The molecule has 1 aliphatic heterocycles. The van der Waals surface area contributed by atoms with Gasteiger partial charge in [-0.15, -0.1) is 0 Å². The van der Waals surface area contributed by atoms with E-state index in [2.05, 4.69) is 0 Å². The summed E-state index contributed by atoms with van der Waals surface area (Å²) in [4.78, 5) is 25.8. The minimum absolute atomic E-state index is 0.0391. The lowest BCUT2D eigenvalue weighted by Crippen LogP contribution is -2.38. The van der Waals surface area contributed by atoms with Crippen LogP contribution in [0.4, 0.5) is 0 Å². The van der Waals surface area contributed by atoms with Gasteiger partial charge in [0.1, 0.15) is 11.9 Å². The van der Waals surface area contributed by atoms with Crippen molar-refractivity contribution in [2.24, 2.45) is 12.5 Å². The molecular weight excluding hydrogens is 268 g/mol. The highest BCUT2D eigenvalue weighted by Gasteiger charge is 2.33. The number of hydrogen-bond donors (Lipinski definition) is 0. The van der Waals surface area contributed by atoms with E-state index in [1.54, 1.807) is 11.6 Å². The third-order valence-corrected chi connectivity index (χ3v) is 3.85. The van der Waals surface area contributed by atoms with E-state index in [0.717, 1.165) is 12.1 Å². The minimum Gasteiger partial charge on any atom is -0.488 e. The Morgan fingerprint density at radius 3 is 2.57 bits per heavy atom. The number of ether oxygens (including phenoxy) is 1. The molecule has 1 aromatic rings. The van der Waals surface area contributed by atoms with Crippen molar-refractivity contribution in [1.29, 1.82) is 0 Å². The van der Waals surface area contributed by atoms with Gasteiger partial charge in [-0.2, -0.15) is 0 Å².